The van der Waals surface area contributed by atoms with Crippen molar-refractivity contribution in [1.29, 1.82) is 0 Å². The van der Waals surface area contributed by atoms with Gasteiger partial charge < -0.3 is 10.1 Å². The number of ether oxygens (including phenoxy) is 1. The molecule has 2 N–H and O–H groups in total. The number of sulfonamides is 1. The van der Waals surface area contributed by atoms with Crippen LogP contribution in [0.5, 0.6) is 0 Å². The molecule has 2 rings (SSSR count). The topological polar surface area (TPSA) is 84.5 Å². The van der Waals surface area contributed by atoms with Gasteiger partial charge in [-0.25, -0.2) is 13.1 Å². The molecule has 0 fully saturated rings. The molecule has 0 saturated heterocycles. The average molecular weight is 352 g/mol. The Labute approximate surface area is 143 Å². The number of allylic oxidation sites excluding steroid dienone is 2. The molecule has 2 atom stereocenters. The fourth-order valence-electron chi connectivity index (χ4n) is 2.65. The molecule has 1 aromatic rings. The first kappa shape index (κ1) is 18.6. The van der Waals surface area contributed by atoms with E-state index in [0.29, 0.717) is 24.6 Å². The van der Waals surface area contributed by atoms with Crippen molar-refractivity contribution in [1.82, 2.24) is 4.72 Å². The highest BCUT2D eigenvalue weighted by molar-refractivity contribution is 7.89. The lowest BCUT2D eigenvalue weighted by molar-refractivity contribution is -0.116. The Balaban J connectivity index is 1.94. The fourth-order valence-corrected chi connectivity index (χ4v) is 3.88. The highest BCUT2D eigenvalue weighted by Gasteiger charge is 2.18. The van der Waals surface area contributed by atoms with Gasteiger partial charge in [-0.05, 0) is 49.9 Å². The van der Waals surface area contributed by atoms with E-state index in [0.717, 1.165) is 12.8 Å². The number of methoxy groups -OCH3 is 1. The van der Waals surface area contributed by atoms with Crippen LogP contribution in [0.3, 0.4) is 0 Å². The minimum Gasteiger partial charge on any atom is -0.383 e. The molecule has 2 unspecified atom stereocenters. The second-order valence-corrected chi connectivity index (χ2v) is 7.73. The molecule has 1 aromatic carbocycles. The Bertz CT molecular complexity index is 683. The quantitative estimate of drug-likeness (QED) is 0.703. The van der Waals surface area contributed by atoms with Gasteiger partial charge in [-0.2, -0.15) is 0 Å². The molecule has 7 heteroatoms. The smallest absolute Gasteiger partial charge is 0.240 e. The first-order chi connectivity index (χ1) is 11.4. The Morgan fingerprint density at radius 1 is 1.33 bits per heavy atom. The molecular weight excluding hydrogens is 328 g/mol. The molecule has 0 saturated carbocycles. The van der Waals surface area contributed by atoms with Crippen LogP contribution >= 0.6 is 0 Å². The van der Waals surface area contributed by atoms with Gasteiger partial charge in [0.2, 0.25) is 15.9 Å². The normalized spacial score (nSPS) is 18.5. The summed E-state index contributed by atoms with van der Waals surface area (Å²) in [5, 5.41) is 2.80. The van der Waals surface area contributed by atoms with Gasteiger partial charge in [-0.1, -0.05) is 12.2 Å². The van der Waals surface area contributed by atoms with Crippen LogP contribution < -0.4 is 10.0 Å². The first-order valence-corrected chi connectivity index (χ1v) is 9.47. The summed E-state index contributed by atoms with van der Waals surface area (Å²) in [5.74, 6) is 0.241. The summed E-state index contributed by atoms with van der Waals surface area (Å²) in [5.41, 5.74) is 0.589. The zero-order valence-corrected chi connectivity index (χ0v) is 14.8. The summed E-state index contributed by atoms with van der Waals surface area (Å²) in [6.07, 6.45) is 6.65. The molecule has 0 aliphatic heterocycles. The second kappa shape index (κ2) is 8.41. The van der Waals surface area contributed by atoms with E-state index in [2.05, 4.69) is 22.2 Å². The number of anilines is 1. The predicted octanol–water partition coefficient (Wildman–Crippen LogP) is 2.29. The Hall–Kier alpha value is -1.70. The van der Waals surface area contributed by atoms with E-state index < -0.39 is 10.0 Å². The van der Waals surface area contributed by atoms with E-state index in [1.165, 1.54) is 19.2 Å². The van der Waals surface area contributed by atoms with Crippen molar-refractivity contribution in [2.75, 3.05) is 19.0 Å². The molecule has 1 amide bonds. The SMILES string of the molecule is COCC(C)NS(=O)(=O)c1ccc(NC(=O)CC2C=CCC2)cc1. The van der Waals surface area contributed by atoms with Gasteiger partial charge in [0.05, 0.1) is 11.5 Å². The maximum Gasteiger partial charge on any atom is 0.240 e. The van der Waals surface area contributed by atoms with Gasteiger partial charge in [0.15, 0.2) is 0 Å². The minimum absolute atomic E-state index is 0.0611. The highest BCUT2D eigenvalue weighted by atomic mass is 32.2. The first-order valence-electron chi connectivity index (χ1n) is 7.98. The lowest BCUT2D eigenvalue weighted by Gasteiger charge is -2.14. The molecule has 0 spiro atoms. The number of nitrogens with one attached hydrogen (secondary N) is 2. The van der Waals surface area contributed by atoms with Crippen molar-refractivity contribution in [3.05, 3.63) is 36.4 Å². The zero-order valence-electron chi connectivity index (χ0n) is 14.0. The summed E-state index contributed by atoms with van der Waals surface area (Å²) in [6.45, 7) is 2.02. The number of carbonyl (C=O) groups excluding carboxylic acids is 1. The van der Waals surface area contributed by atoms with E-state index in [-0.39, 0.29) is 16.8 Å². The number of benzene rings is 1. The highest BCUT2D eigenvalue weighted by Crippen LogP contribution is 2.21. The van der Waals surface area contributed by atoms with Crippen molar-refractivity contribution >= 4 is 21.6 Å². The van der Waals surface area contributed by atoms with Crippen LogP contribution in [-0.2, 0) is 19.6 Å². The van der Waals surface area contributed by atoms with Crippen LogP contribution in [0, 0.1) is 5.92 Å². The molecule has 0 aromatic heterocycles. The Kier molecular flexibility index (Phi) is 6.53. The predicted molar refractivity (Wildman–Crippen MR) is 93.2 cm³/mol. The van der Waals surface area contributed by atoms with Crippen LogP contribution in [0.15, 0.2) is 41.3 Å². The van der Waals surface area contributed by atoms with Crippen molar-refractivity contribution in [3.8, 4) is 0 Å². The third-order valence-electron chi connectivity index (χ3n) is 3.78. The van der Waals surface area contributed by atoms with Crippen LogP contribution in [0.4, 0.5) is 5.69 Å². The standard InChI is InChI=1S/C17H24N2O4S/c1-13(12-23-2)19-24(21,22)16-9-7-15(8-10-16)18-17(20)11-14-5-3-4-6-14/h3,5,7-10,13-14,19H,4,6,11-12H2,1-2H3,(H,18,20). The van der Waals surface area contributed by atoms with E-state index in [1.54, 1.807) is 19.1 Å². The molecular formula is C17H24N2O4S. The number of hydrogen-bond donors (Lipinski definition) is 2. The maximum absolute atomic E-state index is 12.2. The largest absolute Gasteiger partial charge is 0.383 e. The minimum atomic E-state index is -3.60. The summed E-state index contributed by atoms with van der Waals surface area (Å²) < 4.78 is 31.9. The molecule has 1 aliphatic rings. The lowest BCUT2D eigenvalue weighted by atomic mass is 10.1. The van der Waals surface area contributed by atoms with Crippen LogP contribution in [0.1, 0.15) is 26.2 Å². The van der Waals surface area contributed by atoms with Crippen LogP contribution in [0.2, 0.25) is 0 Å². The number of carbonyl (C=O) groups is 1. The van der Waals surface area contributed by atoms with Gasteiger partial charge in [-0.3, -0.25) is 4.79 Å². The summed E-state index contributed by atoms with van der Waals surface area (Å²) >= 11 is 0. The molecule has 0 heterocycles. The third kappa shape index (κ3) is 5.43. The Morgan fingerprint density at radius 3 is 2.62 bits per heavy atom. The second-order valence-electron chi connectivity index (χ2n) is 6.02. The van der Waals surface area contributed by atoms with Crippen molar-refractivity contribution < 1.29 is 17.9 Å². The van der Waals surface area contributed by atoms with Crippen molar-refractivity contribution in [2.24, 2.45) is 5.92 Å². The van der Waals surface area contributed by atoms with Gasteiger partial charge in [0.1, 0.15) is 0 Å². The molecule has 1 aliphatic carbocycles. The van der Waals surface area contributed by atoms with Crippen LogP contribution in [-0.4, -0.2) is 34.1 Å². The molecule has 0 radical (unpaired) electrons. The van der Waals surface area contributed by atoms with Crippen LogP contribution in [0.25, 0.3) is 0 Å². The van der Waals surface area contributed by atoms with Gasteiger partial charge in [0, 0.05) is 25.3 Å². The van der Waals surface area contributed by atoms with E-state index in [4.69, 9.17) is 4.74 Å². The van der Waals surface area contributed by atoms with Gasteiger partial charge >= 0.3 is 0 Å². The van der Waals surface area contributed by atoms with Crippen molar-refractivity contribution in [3.63, 3.8) is 0 Å². The summed E-state index contributed by atoms with van der Waals surface area (Å²) in [6, 6.07) is 5.83. The van der Waals surface area contributed by atoms with E-state index >= 15 is 0 Å². The monoisotopic (exact) mass is 352 g/mol. The molecule has 6 nitrogen and oxygen atoms in total. The van der Waals surface area contributed by atoms with Crippen molar-refractivity contribution in [2.45, 2.75) is 37.1 Å². The molecule has 132 valence electrons. The molecule has 24 heavy (non-hydrogen) atoms. The van der Waals surface area contributed by atoms with Gasteiger partial charge in [-0.15, -0.1) is 0 Å². The average Bonchev–Trinajstić information content (AvgIpc) is 3.00. The zero-order chi connectivity index (χ0) is 17.6. The van der Waals surface area contributed by atoms with E-state index in [9.17, 15) is 13.2 Å². The number of amides is 1. The van der Waals surface area contributed by atoms with E-state index in [1.807, 2.05) is 0 Å². The fraction of sp³-hybridized carbons (Fsp3) is 0.471. The number of hydrogen-bond acceptors (Lipinski definition) is 4. The maximum atomic E-state index is 12.2. The lowest BCUT2D eigenvalue weighted by Crippen LogP contribution is -2.35. The van der Waals surface area contributed by atoms with Gasteiger partial charge in [0.25, 0.3) is 0 Å². The molecule has 0 bridgehead atoms. The number of rotatable bonds is 8. The summed E-state index contributed by atoms with van der Waals surface area (Å²) in [4.78, 5) is 12.1. The Morgan fingerprint density at radius 2 is 2.04 bits per heavy atom. The summed E-state index contributed by atoms with van der Waals surface area (Å²) in [7, 11) is -2.08. The third-order valence-corrected chi connectivity index (χ3v) is 5.39.